The number of hydrogen-bond acceptors (Lipinski definition) is 5. The third-order valence-corrected chi connectivity index (χ3v) is 3.41. The van der Waals surface area contributed by atoms with Crippen molar-refractivity contribution in [2.24, 2.45) is 0 Å². The summed E-state index contributed by atoms with van der Waals surface area (Å²) in [5.74, 6) is 0.458. The van der Waals surface area contributed by atoms with E-state index >= 15 is 0 Å². The molecule has 1 aromatic carbocycles. The van der Waals surface area contributed by atoms with Gasteiger partial charge >= 0.3 is 5.97 Å². The predicted octanol–water partition coefficient (Wildman–Crippen LogP) is 3.45. The highest BCUT2D eigenvalue weighted by molar-refractivity contribution is 9.10. The van der Waals surface area contributed by atoms with Gasteiger partial charge in [0.25, 0.3) is 0 Å². The van der Waals surface area contributed by atoms with Crippen molar-refractivity contribution in [3.63, 3.8) is 0 Å². The second-order valence-corrected chi connectivity index (χ2v) is 4.82. The van der Waals surface area contributed by atoms with Crippen LogP contribution in [0, 0.1) is 0 Å². The summed E-state index contributed by atoms with van der Waals surface area (Å²) in [6.07, 6.45) is 1.46. The monoisotopic (exact) mass is 339 g/mol. The largest absolute Gasteiger partial charge is 0.495 e. The smallest absolute Gasteiger partial charge is 0.374 e. The lowest BCUT2D eigenvalue weighted by Gasteiger charge is -2.09. The van der Waals surface area contributed by atoms with Crippen LogP contribution in [-0.4, -0.2) is 20.2 Å². The Labute approximate surface area is 125 Å². The lowest BCUT2D eigenvalue weighted by Crippen LogP contribution is -2.06. The van der Waals surface area contributed by atoms with Crippen LogP contribution in [0.2, 0.25) is 0 Å². The molecular weight excluding hydrogens is 326 g/mol. The van der Waals surface area contributed by atoms with Gasteiger partial charge in [-0.1, -0.05) is 0 Å². The van der Waals surface area contributed by atoms with Gasteiger partial charge in [-0.3, -0.25) is 0 Å². The van der Waals surface area contributed by atoms with E-state index in [1.54, 1.807) is 13.2 Å². The Hall–Kier alpha value is -1.95. The van der Waals surface area contributed by atoms with Crippen molar-refractivity contribution in [1.29, 1.82) is 0 Å². The summed E-state index contributed by atoms with van der Waals surface area (Å²) in [7, 11) is 2.93. The molecule has 0 aliphatic rings. The molecule has 0 spiro atoms. The summed E-state index contributed by atoms with van der Waals surface area (Å²) in [6, 6.07) is 7.39. The molecule has 5 nitrogen and oxygen atoms in total. The average Bonchev–Trinajstić information content (AvgIpc) is 2.94. The number of carbonyl (C=O) groups excluding carboxylic acids is 1. The van der Waals surface area contributed by atoms with Gasteiger partial charge in [-0.05, 0) is 34.1 Å². The zero-order valence-corrected chi connectivity index (χ0v) is 12.7. The van der Waals surface area contributed by atoms with E-state index in [4.69, 9.17) is 9.15 Å². The number of esters is 1. The SMILES string of the molecule is COC(=O)c1occc1CNc1ccc(Br)c(OC)c1. The van der Waals surface area contributed by atoms with Crippen LogP contribution in [0.5, 0.6) is 5.75 Å². The van der Waals surface area contributed by atoms with Gasteiger partial charge in [0.05, 0.1) is 25.0 Å². The average molecular weight is 340 g/mol. The Bertz CT molecular complexity index is 609. The number of halogens is 1. The van der Waals surface area contributed by atoms with Crippen LogP contribution in [0.15, 0.2) is 39.4 Å². The molecule has 1 aromatic heterocycles. The summed E-state index contributed by atoms with van der Waals surface area (Å²) in [5, 5.41) is 3.20. The number of benzene rings is 1. The van der Waals surface area contributed by atoms with Crippen molar-refractivity contribution in [3.8, 4) is 5.75 Å². The van der Waals surface area contributed by atoms with Crippen LogP contribution < -0.4 is 10.1 Å². The maximum Gasteiger partial charge on any atom is 0.374 e. The van der Waals surface area contributed by atoms with Gasteiger partial charge < -0.3 is 19.2 Å². The van der Waals surface area contributed by atoms with E-state index in [1.807, 2.05) is 18.2 Å². The molecule has 0 aliphatic heterocycles. The fourth-order valence-electron chi connectivity index (χ4n) is 1.71. The first-order chi connectivity index (χ1) is 9.65. The first-order valence-corrected chi connectivity index (χ1v) is 6.67. The third-order valence-electron chi connectivity index (χ3n) is 2.75. The number of furan rings is 1. The highest BCUT2D eigenvalue weighted by atomic mass is 79.9. The topological polar surface area (TPSA) is 60.7 Å². The van der Waals surface area contributed by atoms with Crippen molar-refractivity contribution < 1.29 is 18.7 Å². The predicted molar refractivity (Wildman–Crippen MR) is 78.1 cm³/mol. The molecule has 0 saturated carbocycles. The van der Waals surface area contributed by atoms with Crippen LogP contribution in [0.25, 0.3) is 0 Å². The van der Waals surface area contributed by atoms with Crippen molar-refractivity contribution >= 4 is 27.6 Å². The van der Waals surface area contributed by atoms with E-state index in [0.717, 1.165) is 21.5 Å². The summed E-state index contributed by atoms with van der Waals surface area (Å²) < 4.78 is 15.9. The summed E-state index contributed by atoms with van der Waals surface area (Å²) in [5.41, 5.74) is 1.61. The third kappa shape index (κ3) is 3.14. The molecule has 0 aliphatic carbocycles. The van der Waals surface area contributed by atoms with Crippen molar-refractivity contribution in [1.82, 2.24) is 0 Å². The Kier molecular flexibility index (Phi) is 4.68. The molecule has 0 unspecified atom stereocenters. The molecule has 0 fully saturated rings. The molecule has 0 bridgehead atoms. The van der Waals surface area contributed by atoms with Crippen molar-refractivity contribution in [2.45, 2.75) is 6.54 Å². The molecule has 0 amide bonds. The second kappa shape index (κ2) is 6.47. The van der Waals surface area contributed by atoms with Gasteiger partial charge in [-0.2, -0.15) is 0 Å². The number of carbonyl (C=O) groups is 1. The Morgan fingerprint density at radius 3 is 2.85 bits per heavy atom. The lowest BCUT2D eigenvalue weighted by molar-refractivity contribution is 0.0563. The van der Waals surface area contributed by atoms with Crippen LogP contribution in [-0.2, 0) is 11.3 Å². The van der Waals surface area contributed by atoms with E-state index in [1.165, 1.54) is 13.4 Å². The normalized spacial score (nSPS) is 10.2. The molecule has 0 atom stereocenters. The zero-order valence-electron chi connectivity index (χ0n) is 11.1. The Balaban J connectivity index is 2.09. The summed E-state index contributed by atoms with van der Waals surface area (Å²) in [6.45, 7) is 0.450. The van der Waals surface area contributed by atoms with Gasteiger partial charge in [0.1, 0.15) is 5.75 Å². The van der Waals surface area contributed by atoms with Crippen LogP contribution in [0.1, 0.15) is 16.1 Å². The minimum absolute atomic E-state index is 0.212. The standard InChI is InChI=1S/C14H14BrNO4/c1-18-12-7-10(3-4-11(12)15)16-8-9-5-6-20-13(9)14(17)19-2/h3-7,16H,8H2,1-2H3. The van der Waals surface area contributed by atoms with E-state index in [-0.39, 0.29) is 5.76 Å². The van der Waals surface area contributed by atoms with Crippen molar-refractivity contribution in [2.75, 3.05) is 19.5 Å². The Morgan fingerprint density at radius 1 is 1.35 bits per heavy atom. The second-order valence-electron chi connectivity index (χ2n) is 3.97. The maximum atomic E-state index is 11.5. The molecular formula is C14H14BrNO4. The zero-order chi connectivity index (χ0) is 14.5. The first-order valence-electron chi connectivity index (χ1n) is 5.87. The number of hydrogen-bond donors (Lipinski definition) is 1. The fraction of sp³-hybridized carbons (Fsp3) is 0.214. The molecule has 20 heavy (non-hydrogen) atoms. The molecule has 0 saturated heterocycles. The number of nitrogens with one attached hydrogen (secondary N) is 1. The Morgan fingerprint density at radius 2 is 2.15 bits per heavy atom. The molecule has 0 radical (unpaired) electrons. The van der Waals surface area contributed by atoms with Gasteiger partial charge in [0.15, 0.2) is 0 Å². The van der Waals surface area contributed by atoms with E-state index in [2.05, 4.69) is 26.0 Å². The molecule has 2 rings (SSSR count). The fourth-order valence-corrected chi connectivity index (χ4v) is 2.12. The maximum absolute atomic E-state index is 11.5. The number of anilines is 1. The summed E-state index contributed by atoms with van der Waals surface area (Å²) in [4.78, 5) is 11.5. The molecule has 6 heteroatoms. The van der Waals surface area contributed by atoms with Crippen molar-refractivity contribution in [3.05, 3.63) is 46.3 Å². The molecule has 2 aromatic rings. The summed E-state index contributed by atoms with van der Waals surface area (Å²) >= 11 is 3.39. The highest BCUT2D eigenvalue weighted by Gasteiger charge is 2.15. The highest BCUT2D eigenvalue weighted by Crippen LogP contribution is 2.28. The van der Waals surface area contributed by atoms with Gasteiger partial charge in [0, 0.05) is 23.9 Å². The van der Waals surface area contributed by atoms with Gasteiger partial charge in [-0.15, -0.1) is 0 Å². The minimum atomic E-state index is -0.486. The van der Waals surface area contributed by atoms with E-state index in [0.29, 0.717) is 6.54 Å². The van der Waals surface area contributed by atoms with E-state index < -0.39 is 5.97 Å². The number of ether oxygens (including phenoxy) is 2. The molecule has 106 valence electrons. The van der Waals surface area contributed by atoms with Crippen LogP contribution in [0.4, 0.5) is 5.69 Å². The van der Waals surface area contributed by atoms with Crippen LogP contribution in [0.3, 0.4) is 0 Å². The number of rotatable bonds is 5. The van der Waals surface area contributed by atoms with Gasteiger partial charge in [-0.25, -0.2) is 4.79 Å². The quantitative estimate of drug-likeness (QED) is 0.845. The van der Waals surface area contributed by atoms with E-state index in [9.17, 15) is 4.79 Å². The minimum Gasteiger partial charge on any atom is -0.495 e. The molecule has 1 heterocycles. The number of methoxy groups -OCH3 is 2. The van der Waals surface area contributed by atoms with Gasteiger partial charge in [0.2, 0.25) is 5.76 Å². The lowest BCUT2D eigenvalue weighted by atomic mass is 10.2. The first kappa shape index (κ1) is 14.5. The molecule has 1 N–H and O–H groups in total. The van der Waals surface area contributed by atoms with Crippen LogP contribution >= 0.6 is 15.9 Å².